The number of allylic oxidation sites excluding steroid dienone is 1. The molecular formula is C23H21BrFN3O. The molecule has 1 amide bonds. The quantitative estimate of drug-likeness (QED) is 0.474. The van der Waals surface area contributed by atoms with Crippen LogP contribution >= 0.6 is 15.9 Å². The maximum absolute atomic E-state index is 14.8. The number of hydrogen-bond donors (Lipinski definition) is 1. The van der Waals surface area contributed by atoms with Crippen LogP contribution < -0.4 is 10.2 Å². The molecule has 1 aliphatic rings. The lowest BCUT2D eigenvalue weighted by Gasteiger charge is -2.40. The second-order valence-electron chi connectivity index (χ2n) is 7.57. The molecule has 29 heavy (non-hydrogen) atoms. The fraction of sp³-hybridized carbons (Fsp3) is 0.217. The van der Waals surface area contributed by atoms with E-state index in [1.165, 1.54) is 12.1 Å². The predicted octanol–water partition coefficient (Wildman–Crippen LogP) is 5.77. The highest BCUT2D eigenvalue weighted by Gasteiger charge is 2.29. The molecule has 0 saturated heterocycles. The van der Waals surface area contributed by atoms with E-state index in [-0.39, 0.29) is 16.7 Å². The standard InChI is InChI=1S/C23H21BrFN3O/c1-14-12-23(2,3)28(4)21-11-20(25)15(9-19(14)21)8-16(13-26)22(29)27-18-7-5-6-17(24)10-18/h5-12H,1-4H3,(H,27,29)/b16-8+. The van der Waals surface area contributed by atoms with Gasteiger partial charge in [-0.2, -0.15) is 5.26 Å². The van der Waals surface area contributed by atoms with Crippen molar-refractivity contribution in [2.45, 2.75) is 26.3 Å². The van der Waals surface area contributed by atoms with Gasteiger partial charge in [0.1, 0.15) is 17.5 Å². The van der Waals surface area contributed by atoms with Gasteiger partial charge in [0.05, 0.1) is 5.54 Å². The van der Waals surface area contributed by atoms with E-state index in [1.54, 1.807) is 24.3 Å². The van der Waals surface area contributed by atoms with Crippen molar-refractivity contribution >= 4 is 44.9 Å². The number of nitrogens with zero attached hydrogens (tertiary/aromatic N) is 2. The summed E-state index contributed by atoms with van der Waals surface area (Å²) in [5, 5.41) is 12.1. The van der Waals surface area contributed by atoms with Gasteiger partial charge in [0.25, 0.3) is 5.91 Å². The number of halogens is 2. The molecule has 0 saturated carbocycles. The lowest BCUT2D eigenvalue weighted by Crippen LogP contribution is -2.42. The first-order valence-electron chi connectivity index (χ1n) is 9.08. The Balaban J connectivity index is 1.98. The van der Waals surface area contributed by atoms with Crippen molar-refractivity contribution in [3.63, 3.8) is 0 Å². The SMILES string of the molecule is CC1=CC(C)(C)N(C)c2cc(F)c(/C=C(\C#N)C(=O)Nc3cccc(Br)c3)cc21. The Morgan fingerprint density at radius 1 is 1.31 bits per heavy atom. The monoisotopic (exact) mass is 453 g/mol. The first kappa shape index (κ1) is 20.8. The Morgan fingerprint density at radius 2 is 2.03 bits per heavy atom. The number of rotatable bonds is 3. The lowest BCUT2D eigenvalue weighted by atomic mass is 9.88. The third-order valence-corrected chi connectivity index (χ3v) is 5.58. The van der Waals surface area contributed by atoms with E-state index in [1.807, 2.05) is 31.0 Å². The number of likely N-dealkylation sites (N-methyl/N-ethyl adjacent to an activating group) is 1. The highest BCUT2D eigenvalue weighted by Crippen LogP contribution is 2.39. The Morgan fingerprint density at radius 3 is 2.69 bits per heavy atom. The van der Waals surface area contributed by atoms with Gasteiger partial charge < -0.3 is 10.2 Å². The van der Waals surface area contributed by atoms with Gasteiger partial charge in [-0.1, -0.05) is 28.1 Å². The molecule has 6 heteroatoms. The summed E-state index contributed by atoms with van der Waals surface area (Å²) >= 11 is 3.33. The average molecular weight is 454 g/mol. The average Bonchev–Trinajstić information content (AvgIpc) is 2.64. The van der Waals surface area contributed by atoms with Gasteiger partial charge in [-0.15, -0.1) is 0 Å². The summed E-state index contributed by atoms with van der Waals surface area (Å²) in [7, 11) is 1.92. The molecule has 3 rings (SSSR count). The van der Waals surface area contributed by atoms with Crippen LogP contribution in [0.1, 0.15) is 31.9 Å². The van der Waals surface area contributed by atoms with E-state index in [4.69, 9.17) is 0 Å². The van der Waals surface area contributed by atoms with Gasteiger partial charge in [-0.05, 0) is 62.8 Å². The predicted molar refractivity (Wildman–Crippen MR) is 119 cm³/mol. The van der Waals surface area contributed by atoms with Gasteiger partial charge in [-0.25, -0.2) is 4.39 Å². The zero-order valence-electron chi connectivity index (χ0n) is 16.7. The normalized spacial score (nSPS) is 15.3. The van der Waals surface area contributed by atoms with Gasteiger partial charge >= 0.3 is 0 Å². The smallest absolute Gasteiger partial charge is 0.266 e. The Labute approximate surface area is 178 Å². The summed E-state index contributed by atoms with van der Waals surface area (Å²) in [5.41, 5.74) is 3.02. The Bertz CT molecular complexity index is 1100. The van der Waals surface area contributed by atoms with Crippen LogP contribution in [0.15, 0.2) is 52.5 Å². The van der Waals surface area contributed by atoms with Crippen LogP contribution in [0, 0.1) is 17.1 Å². The molecule has 0 aliphatic carbocycles. The number of amides is 1. The van der Waals surface area contributed by atoms with Gasteiger partial charge in [-0.3, -0.25) is 4.79 Å². The van der Waals surface area contributed by atoms with Crippen molar-refractivity contribution in [1.82, 2.24) is 0 Å². The van der Waals surface area contributed by atoms with Crippen LogP contribution in [-0.2, 0) is 4.79 Å². The maximum atomic E-state index is 14.8. The van der Waals surface area contributed by atoms with E-state index >= 15 is 0 Å². The molecule has 2 aromatic carbocycles. The molecule has 0 spiro atoms. The molecule has 0 bridgehead atoms. The molecular weight excluding hydrogens is 433 g/mol. The van der Waals surface area contributed by atoms with Crippen LogP contribution in [0.5, 0.6) is 0 Å². The topological polar surface area (TPSA) is 56.1 Å². The molecule has 0 aromatic heterocycles. The zero-order valence-corrected chi connectivity index (χ0v) is 18.3. The van der Waals surface area contributed by atoms with E-state index < -0.39 is 11.7 Å². The Kier molecular flexibility index (Phi) is 5.63. The summed E-state index contributed by atoms with van der Waals surface area (Å²) in [6.45, 7) is 6.10. The molecule has 148 valence electrons. The summed E-state index contributed by atoms with van der Waals surface area (Å²) < 4.78 is 15.6. The highest BCUT2D eigenvalue weighted by atomic mass is 79.9. The minimum atomic E-state index is -0.590. The second kappa shape index (κ2) is 7.84. The van der Waals surface area contributed by atoms with Crippen LogP contribution in [0.25, 0.3) is 11.6 Å². The minimum absolute atomic E-state index is 0.171. The van der Waals surface area contributed by atoms with Crippen LogP contribution in [0.4, 0.5) is 15.8 Å². The number of fused-ring (bicyclic) bond motifs is 1. The van der Waals surface area contributed by atoms with E-state index in [0.717, 1.165) is 21.3 Å². The van der Waals surface area contributed by atoms with E-state index in [2.05, 4.69) is 41.2 Å². The summed E-state index contributed by atoms with van der Waals surface area (Å²) in [5.74, 6) is -1.07. The number of carbonyl (C=O) groups excluding carboxylic acids is 1. The van der Waals surface area contributed by atoms with Gasteiger partial charge in [0.2, 0.25) is 0 Å². The number of hydrogen-bond acceptors (Lipinski definition) is 3. The first-order valence-corrected chi connectivity index (χ1v) is 9.87. The van der Waals surface area contributed by atoms with Crippen molar-refractivity contribution in [2.75, 3.05) is 17.3 Å². The van der Waals surface area contributed by atoms with Crippen molar-refractivity contribution in [2.24, 2.45) is 0 Å². The molecule has 2 aromatic rings. The summed E-state index contributed by atoms with van der Waals surface area (Å²) in [6.07, 6.45) is 3.40. The molecule has 0 fully saturated rings. The molecule has 0 radical (unpaired) electrons. The third kappa shape index (κ3) is 4.25. The molecule has 0 atom stereocenters. The Hall–Kier alpha value is -2.91. The van der Waals surface area contributed by atoms with Crippen molar-refractivity contribution in [3.05, 3.63) is 69.5 Å². The number of carbonyl (C=O) groups is 1. The first-order chi connectivity index (χ1) is 13.6. The van der Waals surface area contributed by atoms with Crippen molar-refractivity contribution < 1.29 is 9.18 Å². The highest BCUT2D eigenvalue weighted by molar-refractivity contribution is 9.10. The second-order valence-corrected chi connectivity index (χ2v) is 8.48. The number of benzene rings is 2. The third-order valence-electron chi connectivity index (χ3n) is 5.08. The number of nitriles is 1. The zero-order chi connectivity index (χ0) is 21.3. The van der Waals surface area contributed by atoms with E-state index in [9.17, 15) is 14.4 Å². The molecule has 1 heterocycles. The summed E-state index contributed by atoms with van der Waals surface area (Å²) in [6, 6.07) is 12.0. The van der Waals surface area contributed by atoms with Crippen LogP contribution in [-0.4, -0.2) is 18.5 Å². The number of nitrogens with one attached hydrogen (secondary N) is 1. The van der Waals surface area contributed by atoms with Crippen LogP contribution in [0.2, 0.25) is 0 Å². The fourth-order valence-electron chi connectivity index (χ4n) is 3.37. The van der Waals surface area contributed by atoms with E-state index in [0.29, 0.717) is 5.69 Å². The molecule has 1 N–H and O–H groups in total. The largest absolute Gasteiger partial charge is 0.365 e. The van der Waals surface area contributed by atoms with Crippen LogP contribution in [0.3, 0.4) is 0 Å². The maximum Gasteiger partial charge on any atom is 0.266 e. The fourth-order valence-corrected chi connectivity index (χ4v) is 3.77. The molecule has 1 aliphatic heterocycles. The van der Waals surface area contributed by atoms with Crippen molar-refractivity contribution in [3.8, 4) is 6.07 Å². The van der Waals surface area contributed by atoms with Gasteiger partial charge in [0.15, 0.2) is 0 Å². The summed E-state index contributed by atoms with van der Waals surface area (Å²) in [4.78, 5) is 14.5. The minimum Gasteiger partial charge on any atom is -0.365 e. The van der Waals surface area contributed by atoms with Gasteiger partial charge in [0, 0.05) is 34.0 Å². The number of anilines is 2. The lowest BCUT2D eigenvalue weighted by molar-refractivity contribution is -0.112. The molecule has 0 unspecified atom stereocenters. The molecule has 4 nitrogen and oxygen atoms in total. The van der Waals surface area contributed by atoms with Crippen molar-refractivity contribution in [1.29, 1.82) is 5.26 Å².